The minimum absolute atomic E-state index is 0.0133. The molecule has 0 radical (unpaired) electrons. The van der Waals surface area contributed by atoms with E-state index in [4.69, 9.17) is 18.9 Å². The molecular formula is C52H52F2N6O8. The molecule has 2 aromatic heterocycles. The van der Waals surface area contributed by atoms with Crippen LogP contribution in [0.1, 0.15) is 72.0 Å². The quantitative estimate of drug-likeness (QED) is 0.0810. The number of benzene rings is 5. The molecule has 0 fully saturated rings. The number of ether oxygens (including phenoxy) is 5. The summed E-state index contributed by atoms with van der Waals surface area (Å²) in [5, 5.41) is 9.24. The van der Waals surface area contributed by atoms with E-state index in [2.05, 4.69) is 29.6 Å². The summed E-state index contributed by atoms with van der Waals surface area (Å²) in [6, 6.07) is 33.4. The van der Waals surface area contributed by atoms with Crippen LogP contribution in [0.5, 0.6) is 23.0 Å². The summed E-state index contributed by atoms with van der Waals surface area (Å²) in [7, 11) is 1.62. The van der Waals surface area contributed by atoms with Crippen LogP contribution in [0.25, 0.3) is 0 Å². The molecule has 7 aromatic rings. The van der Waals surface area contributed by atoms with Gasteiger partial charge in [-0.2, -0.15) is 8.78 Å². The smallest absolute Gasteiger partial charge is 0.387 e. The van der Waals surface area contributed by atoms with E-state index in [1.807, 2.05) is 106 Å². The Bertz CT molecular complexity index is 2710. The summed E-state index contributed by atoms with van der Waals surface area (Å²) < 4.78 is 53.6. The first-order valence-corrected chi connectivity index (χ1v) is 21.5. The van der Waals surface area contributed by atoms with E-state index in [1.54, 1.807) is 62.2 Å². The molecule has 16 heteroatoms. The van der Waals surface area contributed by atoms with Crippen molar-refractivity contribution in [2.24, 2.45) is 0 Å². The maximum Gasteiger partial charge on any atom is 0.387 e. The second-order valence-corrected chi connectivity index (χ2v) is 16.4. The fraction of sp³-hybridized carbons (Fsp3) is 0.231. The molecule has 2 heterocycles. The van der Waals surface area contributed by atoms with Gasteiger partial charge in [-0.05, 0) is 107 Å². The van der Waals surface area contributed by atoms with Crippen molar-refractivity contribution in [3.63, 3.8) is 0 Å². The Kier molecular flexibility index (Phi) is 16.9. The summed E-state index contributed by atoms with van der Waals surface area (Å²) >= 11 is 0. The van der Waals surface area contributed by atoms with Gasteiger partial charge in [0.1, 0.15) is 24.9 Å². The van der Waals surface area contributed by atoms with Crippen molar-refractivity contribution in [3.05, 3.63) is 181 Å². The largest absolute Gasteiger partial charge is 0.493 e. The molecule has 1 N–H and O–H groups in total. The van der Waals surface area contributed by atoms with Crippen LogP contribution in [-0.2, 0) is 24.4 Å². The number of anilines is 4. The predicted molar refractivity (Wildman–Crippen MR) is 253 cm³/mol. The van der Waals surface area contributed by atoms with Crippen LogP contribution < -0.4 is 28.7 Å². The van der Waals surface area contributed by atoms with Crippen LogP contribution in [-0.4, -0.2) is 62.4 Å². The molecule has 68 heavy (non-hydrogen) atoms. The highest BCUT2D eigenvalue weighted by atomic mass is 19.3. The van der Waals surface area contributed by atoms with Crippen molar-refractivity contribution in [1.29, 1.82) is 0 Å². The molecule has 0 saturated heterocycles. The summed E-state index contributed by atoms with van der Waals surface area (Å²) in [6.07, 6.45) is 9.76. The lowest BCUT2D eigenvalue weighted by Gasteiger charge is -2.27. The Morgan fingerprint density at radius 3 is 1.69 bits per heavy atom. The molecule has 0 atom stereocenters. The number of aromatic nitrogens is 4. The lowest BCUT2D eigenvalue weighted by molar-refractivity contribution is -0.0516. The zero-order valence-corrected chi connectivity index (χ0v) is 38.5. The van der Waals surface area contributed by atoms with Crippen molar-refractivity contribution in [1.82, 2.24) is 19.9 Å². The van der Waals surface area contributed by atoms with Gasteiger partial charge in [0.25, 0.3) is 0 Å². The summed E-state index contributed by atoms with van der Waals surface area (Å²) in [4.78, 5) is 44.3. The SMILES string of the molecule is COc1ccc(N(Cc2cncnc2)c2cccc(C(=O)OC(C)(C)C)c2)cc1OC(C)C.O=C(O)c1ccc(N(Cc2cncnc2)c2ccc(OC(F)F)c(OCc3ccccc3)c2)cc1. The first-order valence-electron chi connectivity index (χ1n) is 21.5. The van der Waals surface area contributed by atoms with E-state index in [9.17, 15) is 23.5 Å². The molecule has 7 rings (SSSR count). The number of alkyl halides is 2. The van der Waals surface area contributed by atoms with Gasteiger partial charge in [0, 0.05) is 70.8 Å². The lowest BCUT2D eigenvalue weighted by Crippen LogP contribution is -2.24. The minimum atomic E-state index is -3.01. The number of rotatable bonds is 18. The zero-order chi connectivity index (χ0) is 48.6. The third kappa shape index (κ3) is 14.4. The first kappa shape index (κ1) is 49.3. The van der Waals surface area contributed by atoms with Crippen molar-refractivity contribution in [2.75, 3.05) is 16.9 Å². The fourth-order valence-corrected chi connectivity index (χ4v) is 6.66. The Morgan fingerprint density at radius 1 is 0.603 bits per heavy atom. The van der Waals surface area contributed by atoms with Crippen LogP contribution in [0.3, 0.4) is 0 Å². The second-order valence-electron chi connectivity index (χ2n) is 16.4. The first-order chi connectivity index (χ1) is 32.6. The van der Waals surface area contributed by atoms with Crippen LogP contribution >= 0.6 is 0 Å². The van der Waals surface area contributed by atoms with Gasteiger partial charge in [-0.25, -0.2) is 29.5 Å². The highest BCUT2D eigenvalue weighted by Gasteiger charge is 2.22. The average Bonchev–Trinajstić information content (AvgIpc) is 3.32. The van der Waals surface area contributed by atoms with Gasteiger partial charge in [0.2, 0.25) is 0 Å². The fourth-order valence-electron chi connectivity index (χ4n) is 6.66. The molecule has 14 nitrogen and oxygen atoms in total. The number of nitrogens with zero attached hydrogens (tertiary/aromatic N) is 6. The summed E-state index contributed by atoms with van der Waals surface area (Å²) in [6.45, 7) is 7.46. The van der Waals surface area contributed by atoms with Crippen LogP contribution in [0, 0.1) is 0 Å². The third-order valence-corrected chi connectivity index (χ3v) is 9.64. The number of carbonyl (C=O) groups is 2. The van der Waals surface area contributed by atoms with Crippen molar-refractivity contribution >= 4 is 34.7 Å². The zero-order valence-electron chi connectivity index (χ0n) is 38.5. The normalized spacial score (nSPS) is 11.0. The average molecular weight is 927 g/mol. The maximum atomic E-state index is 13.0. The Hall–Kier alpha value is -8.14. The molecule has 5 aromatic carbocycles. The number of esters is 1. The van der Waals surface area contributed by atoms with Gasteiger partial charge in [-0.15, -0.1) is 0 Å². The van der Waals surface area contributed by atoms with Crippen LogP contribution in [0.2, 0.25) is 0 Å². The molecule has 0 saturated carbocycles. The number of methoxy groups -OCH3 is 1. The number of hydrogen-bond donors (Lipinski definition) is 1. The molecule has 0 aliphatic rings. The molecule has 0 aliphatic carbocycles. The molecule has 0 amide bonds. The topological polar surface area (TPSA) is 159 Å². The Labute approximate surface area is 393 Å². The van der Waals surface area contributed by atoms with Crippen LogP contribution in [0.4, 0.5) is 31.5 Å². The van der Waals surface area contributed by atoms with Gasteiger partial charge in [0.15, 0.2) is 23.0 Å². The standard InChI is InChI=1S/C26H21F2N3O4.C26H31N3O4/c27-26(28)35-23-11-10-22(12-24(23)34-16-18-4-2-1-3-5-18)31(15-19-13-29-17-30-14-19)21-8-6-20(7-9-21)25(32)33;1-18(2)32-24-13-22(10-11-23(24)31-6)29(16-19-14-27-17-28-15-19)21-9-7-8-20(12-21)25(30)33-26(3,4)5/h1-14,17,26H,15-16H2,(H,32,33);7-15,17-18H,16H2,1-6H3. The monoisotopic (exact) mass is 926 g/mol. The van der Waals surface area contributed by atoms with E-state index in [-0.39, 0.29) is 35.7 Å². The van der Waals surface area contributed by atoms with E-state index in [1.165, 1.54) is 30.9 Å². The Morgan fingerprint density at radius 2 is 1.15 bits per heavy atom. The second kappa shape index (κ2) is 23.4. The number of aromatic carboxylic acids is 1. The lowest BCUT2D eigenvalue weighted by atomic mass is 10.1. The van der Waals surface area contributed by atoms with Gasteiger partial charge in [0.05, 0.1) is 37.4 Å². The summed E-state index contributed by atoms with van der Waals surface area (Å²) in [5.41, 5.74) is 5.60. The van der Waals surface area contributed by atoms with E-state index < -0.39 is 18.2 Å². The highest BCUT2D eigenvalue weighted by Crippen LogP contribution is 2.39. The van der Waals surface area contributed by atoms with E-state index in [0.717, 1.165) is 28.1 Å². The van der Waals surface area contributed by atoms with Gasteiger partial charge in [-0.1, -0.05) is 36.4 Å². The molecule has 352 valence electrons. The Balaban J connectivity index is 0.000000224. The third-order valence-electron chi connectivity index (χ3n) is 9.64. The maximum absolute atomic E-state index is 13.0. The molecule has 0 spiro atoms. The van der Waals surface area contributed by atoms with Gasteiger partial charge < -0.3 is 38.6 Å². The number of hydrogen-bond acceptors (Lipinski definition) is 13. The van der Waals surface area contributed by atoms with E-state index in [0.29, 0.717) is 41.5 Å². The van der Waals surface area contributed by atoms with Gasteiger partial charge in [-0.3, -0.25) is 0 Å². The molecule has 0 unspecified atom stereocenters. The van der Waals surface area contributed by atoms with Gasteiger partial charge >= 0.3 is 18.6 Å². The number of carboxylic acids is 1. The van der Waals surface area contributed by atoms with E-state index >= 15 is 0 Å². The van der Waals surface area contributed by atoms with Crippen LogP contribution in [0.15, 0.2) is 153 Å². The van der Waals surface area contributed by atoms with Crippen molar-refractivity contribution < 1.29 is 47.2 Å². The predicted octanol–water partition coefficient (Wildman–Crippen LogP) is 11.3. The van der Waals surface area contributed by atoms with Crippen molar-refractivity contribution in [3.8, 4) is 23.0 Å². The molecule has 0 aliphatic heterocycles. The van der Waals surface area contributed by atoms with Crippen molar-refractivity contribution in [2.45, 2.75) is 72.6 Å². The molecule has 0 bridgehead atoms. The number of carbonyl (C=O) groups excluding carboxylic acids is 1. The number of halogens is 2. The highest BCUT2D eigenvalue weighted by molar-refractivity contribution is 5.91. The summed E-state index contributed by atoms with van der Waals surface area (Å²) in [5.74, 6) is -0.0665. The number of carboxylic acid groups (broad SMARTS) is 1. The minimum Gasteiger partial charge on any atom is -0.493 e. The molecular weight excluding hydrogens is 875 g/mol.